The first-order chi connectivity index (χ1) is 12.4. The molecule has 2 heterocycles. The summed E-state index contributed by atoms with van der Waals surface area (Å²) in [4.78, 5) is 25.8. The number of carboxylic acid groups (broad SMARTS) is 1. The number of ether oxygens (including phenoxy) is 1. The Labute approximate surface area is 155 Å². The van der Waals surface area contributed by atoms with Crippen LogP contribution < -0.4 is 9.64 Å². The molecule has 134 valence electrons. The third-order valence-corrected chi connectivity index (χ3v) is 5.31. The molecule has 1 amide bonds. The summed E-state index contributed by atoms with van der Waals surface area (Å²) >= 11 is 3.07. The van der Waals surface area contributed by atoms with Gasteiger partial charge in [0.15, 0.2) is 17.3 Å². The van der Waals surface area contributed by atoms with Crippen molar-refractivity contribution in [3.05, 3.63) is 52.0 Å². The van der Waals surface area contributed by atoms with E-state index in [2.05, 4.69) is 15.9 Å². The van der Waals surface area contributed by atoms with E-state index in [1.54, 1.807) is 0 Å². The number of anilines is 1. The van der Waals surface area contributed by atoms with Crippen molar-refractivity contribution in [2.75, 3.05) is 4.90 Å². The van der Waals surface area contributed by atoms with Crippen molar-refractivity contribution in [2.24, 2.45) is 5.92 Å². The number of fused-ring (bicyclic) bond motifs is 5. The fourth-order valence-corrected chi connectivity index (χ4v) is 3.89. The lowest BCUT2D eigenvalue weighted by Crippen LogP contribution is -2.45. The van der Waals surface area contributed by atoms with Crippen LogP contribution in [0.3, 0.4) is 0 Å². The van der Waals surface area contributed by atoms with Crippen LogP contribution in [0.4, 0.5) is 14.5 Å². The van der Waals surface area contributed by atoms with Gasteiger partial charge in [-0.05, 0) is 34.5 Å². The molecule has 26 heavy (non-hydrogen) atoms. The summed E-state index contributed by atoms with van der Waals surface area (Å²) in [5, 5.41) is 9.66. The van der Waals surface area contributed by atoms with Gasteiger partial charge in [0, 0.05) is 18.1 Å². The number of aliphatic carboxylic acids is 1. The van der Waals surface area contributed by atoms with Gasteiger partial charge in [-0.1, -0.05) is 12.1 Å². The summed E-state index contributed by atoms with van der Waals surface area (Å²) in [6.07, 6.45) is 0.148. The van der Waals surface area contributed by atoms with E-state index >= 15 is 0 Å². The molecule has 0 aliphatic carbocycles. The average molecular weight is 424 g/mol. The predicted molar refractivity (Wildman–Crippen MR) is 91.2 cm³/mol. The smallest absolute Gasteiger partial charge is 0.308 e. The lowest BCUT2D eigenvalue weighted by atomic mass is 9.83. The molecule has 2 aliphatic rings. The van der Waals surface area contributed by atoms with Crippen LogP contribution in [0.1, 0.15) is 24.4 Å². The van der Waals surface area contributed by atoms with Gasteiger partial charge in [-0.25, -0.2) is 8.78 Å². The monoisotopic (exact) mass is 423 g/mol. The Morgan fingerprint density at radius 1 is 1.27 bits per heavy atom. The molecule has 1 fully saturated rings. The van der Waals surface area contributed by atoms with Crippen LogP contribution in [0.2, 0.25) is 0 Å². The molecule has 0 spiro atoms. The number of rotatable bonds is 1. The van der Waals surface area contributed by atoms with Crippen LogP contribution in [0, 0.1) is 17.6 Å². The molecule has 1 saturated heterocycles. The molecule has 8 heteroatoms. The second-order valence-electron chi connectivity index (χ2n) is 6.19. The van der Waals surface area contributed by atoms with E-state index in [1.807, 2.05) is 0 Å². The van der Waals surface area contributed by atoms with Crippen LogP contribution in [-0.4, -0.2) is 17.0 Å². The lowest BCUT2D eigenvalue weighted by Gasteiger charge is -2.38. The highest BCUT2D eigenvalue weighted by Gasteiger charge is 2.45. The summed E-state index contributed by atoms with van der Waals surface area (Å²) in [7, 11) is 0. The van der Waals surface area contributed by atoms with Crippen molar-refractivity contribution in [1.82, 2.24) is 0 Å². The number of halogens is 3. The minimum Gasteiger partial charge on any atom is -0.481 e. The van der Waals surface area contributed by atoms with Gasteiger partial charge in [-0.3, -0.25) is 9.59 Å². The van der Waals surface area contributed by atoms with Gasteiger partial charge >= 0.3 is 5.97 Å². The number of carbonyl (C=O) groups excluding carboxylic acids is 1. The molecule has 1 N–H and O–H groups in total. The molecule has 2 atom stereocenters. The zero-order valence-electron chi connectivity index (χ0n) is 13.2. The van der Waals surface area contributed by atoms with E-state index < -0.39 is 29.6 Å². The molecule has 0 radical (unpaired) electrons. The molecule has 4 rings (SSSR count). The third kappa shape index (κ3) is 2.47. The number of benzene rings is 2. The molecule has 0 aromatic heterocycles. The number of amides is 1. The zero-order chi connectivity index (χ0) is 18.6. The van der Waals surface area contributed by atoms with Gasteiger partial charge in [0.25, 0.3) is 0 Å². The van der Waals surface area contributed by atoms with Crippen LogP contribution in [0.25, 0.3) is 0 Å². The SMILES string of the molecule is O=C(O)[C@@H]1CCC(=O)N2c3cc(Br)c(F)cc3Oc3c(F)cccc3[C@@H]12. The number of hydrogen-bond donors (Lipinski definition) is 1. The Hall–Kier alpha value is -2.48. The number of piperidine rings is 1. The van der Waals surface area contributed by atoms with Gasteiger partial charge < -0.3 is 14.7 Å². The second kappa shape index (κ2) is 6.05. The quantitative estimate of drug-likeness (QED) is 0.737. The molecule has 0 bridgehead atoms. The van der Waals surface area contributed by atoms with E-state index in [0.29, 0.717) is 0 Å². The topological polar surface area (TPSA) is 66.8 Å². The van der Waals surface area contributed by atoms with Crippen LogP contribution in [0.5, 0.6) is 11.5 Å². The maximum atomic E-state index is 14.4. The van der Waals surface area contributed by atoms with Crippen LogP contribution in [0.15, 0.2) is 34.8 Å². The lowest BCUT2D eigenvalue weighted by molar-refractivity contribution is -0.144. The zero-order valence-corrected chi connectivity index (χ0v) is 14.8. The summed E-state index contributed by atoms with van der Waals surface area (Å²) in [6.45, 7) is 0. The van der Waals surface area contributed by atoms with E-state index in [-0.39, 0.29) is 46.0 Å². The maximum Gasteiger partial charge on any atom is 0.308 e. The first-order valence-electron chi connectivity index (χ1n) is 7.88. The molecule has 2 aliphatic heterocycles. The molecule has 5 nitrogen and oxygen atoms in total. The van der Waals surface area contributed by atoms with E-state index in [1.165, 1.54) is 29.2 Å². The van der Waals surface area contributed by atoms with Gasteiger partial charge in [0.05, 0.1) is 22.1 Å². The number of carboxylic acids is 1. The Balaban J connectivity index is 2.04. The fraction of sp³-hybridized carbons (Fsp3) is 0.222. The molecular weight excluding hydrogens is 412 g/mol. The summed E-state index contributed by atoms with van der Waals surface area (Å²) in [5.41, 5.74) is 0.452. The van der Waals surface area contributed by atoms with Crippen LogP contribution in [-0.2, 0) is 9.59 Å². The first kappa shape index (κ1) is 17.0. The molecule has 2 aromatic rings. The normalized spacial score (nSPS) is 21.2. The molecule has 2 aromatic carbocycles. The standard InChI is InChI=1S/C18H12BrF2NO4/c19-10-6-13-14(7-12(10)21)26-17-8(2-1-3-11(17)20)16-9(18(24)25)4-5-15(23)22(13)16/h1-3,6-7,9,16H,4-5H2,(H,24,25)/t9-,16+/m1/s1. The van der Waals surface area contributed by atoms with Crippen molar-refractivity contribution in [1.29, 1.82) is 0 Å². The number of para-hydroxylation sites is 1. The number of nitrogens with zero attached hydrogens (tertiary/aromatic N) is 1. The van der Waals surface area contributed by atoms with Gasteiger partial charge in [-0.2, -0.15) is 0 Å². The minimum absolute atomic E-state index is 0.0204. The summed E-state index contributed by atoms with van der Waals surface area (Å²) in [6, 6.07) is 5.59. The highest BCUT2D eigenvalue weighted by molar-refractivity contribution is 9.10. The highest BCUT2D eigenvalue weighted by atomic mass is 79.9. The van der Waals surface area contributed by atoms with E-state index in [0.717, 1.165) is 6.07 Å². The largest absolute Gasteiger partial charge is 0.481 e. The third-order valence-electron chi connectivity index (χ3n) is 4.70. The summed E-state index contributed by atoms with van der Waals surface area (Å²) in [5.74, 6) is -3.94. The highest BCUT2D eigenvalue weighted by Crippen LogP contribution is 2.51. The second-order valence-corrected chi connectivity index (χ2v) is 7.04. The van der Waals surface area contributed by atoms with Crippen molar-refractivity contribution >= 4 is 33.5 Å². The van der Waals surface area contributed by atoms with E-state index in [9.17, 15) is 23.5 Å². The Bertz CT molecular complexity index is 949. The average Bonchev–Trinajstić information content (AvgIpc) is 2.72. The summed E-state index contributed by atoms with van der Waals surface area (Å²) < 4.78 is 34.2. The Morgan fingerprint density at radius 3 is 2.77 bits per heavy atom. The Morgan fingerprint density at radius 2 is 2.04 bits per heavy atom. The molecular formula is C18H12BrF2NO4. The van der Waals surface area contributed by atoms with Crippen molar-refractivity contribution < 1.29 is 28.2 Å². The van der Waals surface area contributed by atoms with Crippen molar-refractivity contribution in [2.45, 2.75) is 18.9 Å². The maximum absolute atomic E-state index is 14.4. The van der Waals surface area contributed by atoms with Gasteiger partial charge in [0.2, 0.25) is 5.91 Å². The van der Waals surface area contributed by atoms with E-state index in [4.69, 9.17) is 4.74 Å². The van der Waals surface area contributed by atoms with Crippen molar-refractivity contribution in [3.63, 3.8) is 0 Å². The minimum atomic E-state index is -1.09. The van der Waals surface area contributed by atoms with Crippen molar-refractivity contribution in [3.8, 4) is 11.5 Å². The van der Waals surface area contributed by atoms with Crippen LogP contribution >= 0.6 is 15.9 Å². The number of carbonyl (C=O) groups is 2. The van der Waals surface area contributed by atoms with Gasteiger partial charge in [-0.15, -0.1) is 0 Å². The molecule has 0 unspecified atom stereocenters. The number of hydrogen-bond acceptors (Lipinski definition) is 3. The first-order valence-corrected chi connectivity index (χ1v) is 8.68. The fourth-order valence-electron chi connectivity index (χ4n) is 3.56. The van der Waals surface area contributed by atoms with Gasteiger partial charge in [0.1, 0.15) is 5.82 Å². The predicted octanol–water partition coefficient (Wildman–Crippen LogP) is 4.40. The molecule has 0 saturated carbocycles. The Kier molecular flexibility index (Phi) is 3.95.